The summed E-state index contributed by atoms with van der Waals surface area (Å²) in [6.07, 6.45) is 0.522. The Balaban J connectivity index is 1.90. The number of benzene rings is 1. The summed E-state index contributed by atoms with van der Waals surface area (Å²) in [6, 6.07) is 7.34. The van der Waals surface area contributed by atoms with Crippen molar-refractivity contribution in [1.82, 2.24) is 15.5 Å². The Morgan fingerprint density at radius 3 is 2.84 bits per heavy atom. The molecule has 1 aromatic carbocycles. The van der Waals surface area contributed by atoms with Gasteiger partial charge >= 0.3 is 0 Å². The van der Waals surface area contributed by atoms with E-state index in [0.29, 0.717) is 30.2 Å². The minimum atomic E-state index is -0.124. The maximum absolute atomic E-state index is 12.0. The van der Waals surface area contributed by atoms with Gasteiger partial charge in [0.05, 0.1) is 5.56 Å². The number of carbonyl (C=O) groups is 1. The minimum absolute atomic E-state index is 0.124. The summed E-state index contributed by atoms with van der Waals surface area (Å²) in [5.41, 5.74) is 1.42. The number of para-hydroxylation sites is 1. The number of nitrogens with zero attached hydrogens (tertiary/aromatic N) is 2. The molecule has 6 heteroatoms. The molecule has 0 aliphatic heterocycles. The molecule has 2 aromatic rings. The van der Waals surface area contributed by atoms with Crippen LogP contribution in [0, 0.1) is 6.92 Å². The first-order chi connectivity index (χ1) is 9.20. The van der Waals surface area contributed by atoms with E-state index in [1.54, 1.807) is 20.0 Å². The third-order valence-electron chi connectivity index (χ3n) is 2.64. The van der Waals surface area contributed by atoms with E-state index in [4.69, 9.17) is 4.52 Å². The first-order valence-corrected chi connectivity index (χ1v) is 6.05. The summed E-state index contributed by atoms with van der Waals surface area (Å²) in [7, 11) is 1.79. The molecule has 0 saturated carbocycles. The number of aryl methyl sites for hydroxylation is 1. The lowest BCUT2D eigenvalue weighted by atomic mass is 10.1. The van der Waals surface area contributed by atoms with E-state index in [1.165, 1.54) is 0 Å². The third-order valence-corrected chi connectivity index (χ3v) is 2.64. The standard InChI is InChI=1S/C13H16N4O2/c1-9-16-12(19-17-9)7-8-15-13(18)10-5-3-4-6-11(10)14-2/h3-6,14H,7-8H2,1-2H3,(H,15,18). The summed E-state index contributed by atoms with van der Waals surface area (Å²) in [4.78, 5) is 16.1. The van der Waals surface area contributed by atoms with Gasteiger partial charge in [-0.3, -0.25) is 4.79 Å². The highest BCUT2D eigenvalue weighted by Gasteiger charge is 2.10. The second kappa shape index (κ2) is 5.99. The predicted octanol–water partition coefficient (Wildman–Crippen LogP) is 1.39. The number of nitrogens with one attached hydrogen (secondary N) is 2. The van der Waals surface area contributed by atoms with Crippen molar-refractivity contribution >= 4 is 11.6 Å². The molecule has 2 rings (SSSR count). The molecule has 19 heavy (non-hydrogen) atoms. The lowest BCUT2D eigenvalue weighted by Crippen LogP contribution is -2.26. The van der Waals surface area contributed by atoms with Crippen LogP contribution < -0.4 is 10.6 Å². The maximum atomic E-state index is 12.0. The van der Waals surface area contributed by atoms with Crippen molar-refractivity contribution in [2.24, 2.45) is 0 Å². The van der Waals surface area contributed by atoms with Gasteiger partial charge in [0.15, 0.2) is 5.82 Å². The summed E-state index contributed by atoms with van der Waals surface area (Å²) < 4.78 is 4.97. The van der Waals surface area contributed by atoms with Crippen LogP contribution in [-0.2, 0) is 6.42 Å². The van der Waals surface area contributed by atoms with E-state index < -0.39 is 0 Å². The number of aromatic nitrogens is 2. The van der Waals surface area contributed by atoms with Crippen LogP contribution in [0.4, 0.5) is 5.69 Å². The van der Waals surface area contributed by atoms with Gasteiger partial charge in [0.25, 0.3) is 5.91 Å². The molecule has 0 saturated heterocycles. The number of carbonyl (C=O) groups excluding carboxylic acids is 1. The smallest absolute Gasteiger partial charge is 0.253 e. The topological polar surface area (TPSA) is 80.0 Å². The molecule has 0 fully saturated rings. The Kier molecular flexibility index (Phi) is 4.12. The van der Waals surface area contributed by atoms with Gasteiger partial charge in [-0.2, -0.15) is 4.98 Å². The first-order valence-electron chi connectivity index (χ1n) is 6.05. The molecule has 6 nitrogen and oxygen atoms in total. The van der Waals surface area contributed by atoms with Crippen molar-refractivity contribution in [2.75, 3.05) is 18.9 Å². The molecular formula is C13H16N4O2. The number of anilines is 1. The normalized spacial score (nSPS) is 10.2. The van der Waals surface area contributed by atoms with Crippen LogP contribution in [0.5, 0.6) is 0 Å². The Labute approximate surface area is 111 Å². The monoisotopic (exact) mass is 260 g/mol. The molecule has 1 heterocycles. The fraction of sp³-hybridized carbons (Fsp3) is 0.308. The van der Waals surface area contributed by atoms with Gasteiger partial charge in [0.1, 0.15) is 0 Å². The maximum Gasteiger partial charge on any atom is 0.253 e. The fourth-order valence-electron chi connectivity index (χ4n) is 1.72. The van der Waals surface area contributed by atoms with Gasteiger partial charge < -0.3 is 15.2 Å². The highest BCUT2D eigenvalue weighted by atomic mass is 16.5. The predicted molar refractivity (Wildman–Crippen MR) is 71.1 cm³/mol. The van der Waals surface area contributed by atoms with E-state index in [2.05, 4.69) is 20.8 Å². The number of hydrogen-bond donors (Lipinski definition) is 2. The van der Waals surface area contributed by atoms with Crippen molar-refractivity contribution in [3.63, 3.8) is 0 Å². The van der Waals surface area contributed by atoms with Crippen LogP contribution in [0.15, 0.2) is 28.8 Å². The number of amides is 1. The van der Waals surface area contributed by atoms with Crippen LogP contribution in [0.1, 0.15) is 22.1 Å². The second-order valence-corrected chi connectivity index (χ2v) is 4.04. The van der Waals surface area contributed by atoms with Crippen molar-refractivity contribution in [3.05, 3.63) is 41.5 Å². The SMILES string of the molecule is CNc1ccccc1C(=O)NCCc1nc(C)no1. The van der Waals surface area contributed by atoms with Crippen LogP contribution in [0.3, 0.4) is 0 Å². The van der Waals surface area contributed by atoms with Crippen LogP contribution >= 0.6 is 0 Å². The summed E-state index contributed by atoms with van der Waals surface area (Å²) in [5, 5.41) is 9.50. The van der Waals surface area contributed by atoms with Gasteiger partial charge in [0.2, 0.25) is 5.89 Å². The molecule has 0 aliphatic carbocycles. The van der Waals surface area contributed by atoms with Crippen LogP contribution in [0.2, 0.25) is 0 Å². The van der Waals surface area contributed by atoms with E-state index >= 15 is 0 Å². The largest absolute Gasteiger partial charge is 0.387 e. The lowest BCUT2D eigenvalue weighted by Gasteiger charge is -2.08. The average molecular weight is 260 g/mol. The van der Waals surface area contributed by atoms with Crippen molar-refractivity contribution in [1.29, 1.82) is 0 Å². The van der Waals surface area contributed by atoms with Gasteiger partial charge in [0, 0.05) is 25.7 Å². The van der Waals surface area contributed by atoms with Gasteiger partial charge in [-0.15, -0.1) is 0 Å². The lowest BCUT2D eigenvalue weighted by molar-refractivity contribution is 0.0954. The molecular weight excluding hydrogens is 244 g/mol. The minimum Gasteiger partial charge on any atom is -0.387 e. The van der Waals surface area contributed by atoms with E-state index in [0.717, 1.165) is 5.69 Å². The highest BCUT2D eigenvalue weighted by molar-refractivity contribution is 5.99. The zero-order valence-corrected chi connectivity index (χ0v) is 10.9. The Bertz CT molecular complexity index is 565. The van der Waals surface area contributed by atoms with Crippen LogP contribution in [0.25, 0.3) is 0 Å². The molecule has 1 amide bonds. The van der Waals surface area contributed by atoms with Crippen molar-refractivity contribution in [2.45, 2.75) is 13.3 Å². The average Bonchev–Trinajstić information content (AvgIpc) is 2.84. The molecule has 0 spiro atoms. The molecule has 0 aliphatic rings. The third kappa shape index (κ3) is 3.31. The molecule has 2 N–H and O–H groups in total. The number of rotatable bonds is 5. The Hall–Kier alpha value is -2.37. The van der Waals surface area contributed by atoms with E-state index in [9.17, 15) is 4.79 Å². The second-order valence-electron chi connectivity index (χ2n) is 4.04. The van der Waals surface area contributed by atoms with Crippen molar-refractivity contribution in [3.8, 4) is 0 Å². The Morgan fingerprint density at radius 2 is 2.16 bits per heavy atom. The number of hydrogen-bond acceptors (Lipinski definition) is 5. The summed E-state index contributed by atoms with van der Waals surface area (Å²) in [6.45, 7) is 2.22. The van der Waals surface area contributed by atoms with Crippen LogP contribution in [-0.4, -0.2) is 29.6 Å². The zero-order chi connectivity index (χ0) is 13.7. The Morgan fingerprint density at radius 1 is 1.37 bits per heavy atom. The molecule has 0 atom stereocenters. The van der Waals surface area contributed by atoms with Gasteiger partial charge in [-0.1, -0.05) is 17.3 Å². The first kappa shape index (κ1) is 13.1. The molecule has 1 aromatic heterocycles. The van der Waals surface area contributed by atoms with E-state index in [1.807, 2.05) is 18.2 Å². The quantitative estimate of drug-likeness (QED) is 0.849. The van der Waals surface area contributed by atoms with Crippen molar-refractivity contribution < 1.29 is 9.32 Å². The molecule has 0 bridgehead atoms. The van der Waals surface area contributed by atoms with Gasteiger partial charge in [-0.05, 0) is 19.1 Å². The fourth-order valence-corrected chi connectivity index (χ4v) is 1.72. The summed E-state index contributed by atoms with van der Waals surface area (Å²) >= 11 is 0. The van der Waals surface area contributed by atoms with E-state index in [-0.39, 0.29) is 5.91 Å². The zero-order valence-electron chi connectivity index (χ0n) is 10.9. The molecule has 100 valence electrons. The molecule has 0 unspecified atom stereocenters. The summed E-state index contributed by atoms with van der Waals surface area (Å²) in [5.74, 6) is 1.00. The molecule has 0 radical (unpaired) electrons. The highest BCUT2D eigenvalue weighted by Crippen LogP contribution is 2.13. The van der Waals surface area contributed by atoms with Gasteiger partial charge in [-0.25, -0.2) is 0 Å².